The number of likely N-dealkylation sites (N-methyl/N-ethyl adjacent to an activating group) is 1. The number of ether oxygens (including phenoxy) is 1. The van der Waals surface area contributed by atoms with E-state index in [2.05, 4.69) is 43.1 Å². The summed E-state index contributed by atoms with van der Waals surface area (Å²) in [5.41, 5.74) is 8.82. The Balaban J connectivity index is 2.00. The van der Waals surface area contributed by atoms with Gasteiger partial charge in [0.25, 0.3) is 0 Å². The monoisotopic (exact) mass is 234 g/mol. The first-order valence-electron chi connectivity index (χ1n) is 6.24. The Morgan fingerprint density at radius 3 is 2.41 bits per heavy atom. The molecule has 0 unspecified atom stereocenters. The van der Waals surface area contributed by atoms with Gasteiger partial charge in [-0.2, -0.15) is 0 Å². The number of hydrogen-bond acceptors (Lipinski definition) is 3. The van der Waals surface area contributed by atoms with Crippen LogP contribution in [0.5, 0.6) is 0 Å². The van der Waals surface area contributed by atoms with Crippen molar-refractivity contribution < 1.29 is 4.74 Å². The molecule has 17 heavy (non-hydrogen) atoms. The van der Waals surface area contributed by atoms with Crippen LogP contribution >= 0.6 is 0 Å². The Labute approximate surface area is 104 Å². The zero-order valence-electron chi connectivity index (χ0n) is 10.8. The van der Waals surface area contributed by atoms with Crippen LogP contribution in [0.1, 0.15) is 18.4 Å². The smallest absolute Gasteiger partial charge is 0.0484 e. The van der Waals surface area contributed by atoms with Gasteiger partial charge in [0.05, 0.1) is 0 Å². The first kappa shape index (κ1) is 12.4. The molecule has 0 saturated carbocycles. The minimum atomic E-state index is -0.0993. The van der Waals surface area contributed by atoms with Gasteiger partial charge in [-0.25, -0.2) is 0 Å². The molecule has 0 amide bonds. The van der Waals surface area contributed by atoms with Crippen LogP contribution in [0.2, 0.25) is 0 Å². The molecule has 0 bridgehead atoms. The molecule has 1 aromatic carbocycles. The highest BCUT2D eigenvalue weighted by Crippen LogP contribution is 2.22. The van der Waals surface area contributed by atoms with Gasteiger partial charge in [-0.15, -0.1) is 0 Å². The van der Waals surface area contributed by atoms with Gasteiger partial charge in [-0.05, 0) is 31.9 Å². The summed E-state index contributed by atoms with van der Waals surface area (Å²) in [6.07, 6.45) is 1.90. The molecule has 2 N–H and O–H groups in total. The maximum atomic E-state index is 6.41. The highest BCUT2D eigenvalue weighted by molar-refractivity contribution is 5.47. The lowest BCUT2D eigenvalue weighted by molar-refractivity contribution is 0.0558. The molecule has 0 aromatic heterocycles. The van der Waals surface area contributed by atoms with E-state index in [1.54, 1.807) is 0 Å². The van der Waals surface area contributed by atoms with E-state index in [0.29, 0.717) is 0 Å². The molecule has 1 fully saturated rings. The number of anilines is 1. The van der Waals surface area contributed by atoms with Gasteiger partial charge in [0.2, 0.25) is 0 Å². The molecule has 2 rings (SSSR count). The average molecular weight is 234 g/mol. The third-order valence-corrected chi connectivity index (χ3v) is 3.52. The summed E-state index contributed by atoms with van der Waals surface area (Å²) in [7, 11) is 2.11. The van der Waals surface area contributed by atoms with Crippen molar-refractivity contribution in [2.24, 2.45) is 5.73 Å². The molecule has 1 heterocycles. The summed E-state index contributed by atoms with van der Waals surface area (Å²) in [4.78, 5) is 2.24. The normalized spacial score (nSPS) is 19.0. The van der Waals surface area contributed by atoms with Crippen molar-refractivity contribution in [3.63, 3.8) is 0 Å². The van der Waals surface area contributed by atoms with Crippen LogP contribution in [0.3, 0.4) is 0 Å². The van der Waals surface area contributed by atoms with Crippen molar-refractivity contribution in [2.45, 2.75) is 25.3 Å². The van der Waals surface area contributed by atoms with Gasteiger partial charge in [-0.1, -0.05) is 17.7 Å². The molecule has 3 heteroatoms. The molecule has 1 saturated heterocycles. The molecule has 94 valence electrons. The van der Waals surface area contributed by atoms with Crippen molar-refractivity contribution in [1.29, 1.82) is 0 Å². The fraction of sp³-hybridized carbons (Fsp3) is 0.571. The van der Waals surface area contributed by atoms with E-state index in [0.717, 1.165) is 32.6 Å². The molecule has 3 nitrogen and oxygen atoms in total. The van der Waals surface area contributed by atoms with Crippen LogP contribution in [0, 0.1) is 6.92 Å². The lowest BCUT2D eigenvalue weighted by Crippen LogP contribution is -2.52. The van der Waals surface area contributed by atoms with Crippen molar-refractivity contribution >= 4 is 5.69 Å². The molecule has 0 aliphatic carbocycles. The first-order chi connectivity index (χ1) is 8.09. The fourth-order valence-electron chi connectivity index (χ4n) is 2.30. The molecule has 1 aliphatic heterocycles. The predicted octanol–water partition coefficient (Wildman–Crippen LogP) is 1.94. The van der Waals surface area contributed by atoms with Gasteiger partial charge >= 0.3 is 0 Å². The second-order valence-electron chi connectivity index (χ2n) is 5.17. The quantitative estimate of drug-likeness (QED) is 0.868. The maximum Gasteiger partial charge on any atom is 0.0484 e. The summed E-state index contributed by atoms with van der Waals surface area (Å²) in [6, 6.07) is 8.58. The van der Waals surface area contributed by atoms with E-state index in [9.17, 15) is 0 Å². The van der Waals surface area contributed by atoms with Crippen molar-refractivity contribution in [3.8, 4) is 0 Å². The minimum Gasteiger partial charge on any atom is -0.381 e. The molecule has 1 aromatic rings. The maximum absolute atomic E-state index is 6.41. The zero-order valence-corrected chi connectivity index (χ0v) is 10.8. The van der Waals surface area contributed by atoms with Crippen LogP contribution in [0.25, 0.3) is 0 Å². The Morgan fingerprint density at radius 1 is 1.24 bits per heavy atom. The predicted molar refractivity (Wildman–Crippen MR) is 71.4 cm³/mol. The van der Waals surface area contributed by atoms with Gasteiger partial charge in [-0.3, -0.25) is 0 Å². The van der Waals surface area contributed by atoms with Crippen molar-refractivity contribution in [3.05, 3.63) is 29.8 Å². The second-order valence-corrected chi connectivity index (χ2v) is 5.17. The van der Waals surface area contributed by atoms with E-state index >= 15 is 0 Å². The Hall–Kier alpha value is -1.06. The average Bonchev–Trinajstić information content (AvgIpc) is 2.30. The summed E-state index contributed by atoms with van der Waals surface area (Å²) < 4.78 is 5.37. The number of hydrogen-bond donors (Lipinski definition) is 1. The largest absolute Gasteiger partial charge is 0.381 e. The molecule has 0 spiro atoms. The van der Waals surface area contributed by atoms with E-state index in [1.807, 2.05) is 0 Å². The van der Waals surface area contributed by atoms with Crippen molar-refractivity contribution in [2.75, 3.05) is 31.7 Å². The number of aryl methyl sites for hydroxylation is 1. The lowest BCUT2D eigenvalue weighted by Gasteiger charge is -2.37. The summed E-state index contributed by atoms with van der Waals surface area (Å²) in [6.45, 7) is 4.57. The van der Waals surface area contributed by atoms with Crippen LogP contribution in [0.4, 0.5) is 5.69 Å². The number of nitrogens with two attached hydrogens (primary N) is 1. The highest BCUT2D eigenvalue weighted by atomic mass is 16.5. The Bertz CT molecular complexity index is 355. The van der Waals surface area contributed by atoms with E-state index in [1.165, 1.54) is 11.3 Å². The van der Waals surface area contributed by atoms with Crippen molar-refractivity contribution in [1.82, 2.24) is 0 Å². The summed E-state index contributed by atoms with van der Waals surface area (Å²) in [5, 5.41) is 0. The van der Waals surface area contributed by atoms with Gasteiger partial charge < -0.3 is 15.4 Å². The summed E-state index contributed by atoms with van der Waals surface area (Å²) in [5.74, 6) is 0. The van der Waals surface area contributed by atoms with Gasteiger partial charge in [0, 0.05) is 38.0 Å². The lowest BCUT2D eigenvalue weighted by atomic mass is 9.90. The van der Waals surface area contributed by atoms with Crippen LogP contribution in [-0.2, 0) is 4.74 Å². The number of benzene rings is 1. The second kappa shape index (κ2) is 5.07. The molecule has 0 radical (unpaired) electrons. The number of rotatable bonds is 3. The fourth-order valence-corrected chi connectivity index (χ4v) is 2.30. The minimum absolute atomic E-state index is 0.0993. The molecular formula is C14H22N2O. The van der Waals surface area contributed by atoms with E-state index in [-0.39, 0.29) is 5.54 Å². The third-order valence-electron chi connectivity index (χ3n) is 3.52. The Morgan fingerprint density at radius 2 is 1.82 bits per heavy atom. The highest BCUT2D eigenvalue weighted by Gasteiger charge is 2.29. The Kier molecular flexibility index (Phi) is 3.69. The van der Waals surface area contributed by atoms with Crippen LogP contribution in [0.15, 0.2) is 24.3 Å². The number of nitrogens with zero attached hydrogens (tertiary/aromatic N) is 1. The molecule has 1 aliphatic rings. The first-order valence-corrected chi connectivity index (χ1v) is 6.24. The van der Waals surface area contributed by atoms with Gasteiger partial charge in [0.15, 0.2) is 0 Å². The zero-order chi connectivity index (χ0) is 12.3. The summed E-state index contributed by atoms with van der Waals surface area (Å²) >= 11 is 0. The van der Waals surface area contributed by atoms with E-state index in [4.69, 9.17) is 10.5 Å². The molecule has 0 atom stereocenters. The topological polar surface area (TPSA) is 38.5 Å². The third kappa shape index (κ3) is 3.20. The van der Waals surface area contributed by atoms with Crippen LogP contribution in [-0.4, -0.2) is 32.3 Å². The van der Waals surface area contributed by atoms with Crippen LogP contribution < -0.4 is 10.6 Å². The molecular weight excluding hydrogens is 212 g/mol. The SMILES string of the molecule is Cc1ccc(N(C)CC2(N)CCOCC2)cc1. The van der Waals surface area contributed by atoms with E-state index < -0.39 is 0 Å². The van der Waals surface area contributed by atoms with Gasteiger partial charge in [0.1, 0.15) is 0 Å². The standard InChI is InChI=1S/C14H22N2O/c1-12-3-5-13(6-4-12)16(2)11-14(15)7-9-17-10-8-14/h3-6H,7-11,15H2,1-2H3.